The van der Waals surface area contributed by atoms with Crippen LogP contribution in [-0.4, -0.2) is 14.0 Å². The summed E-state index contributed by atoms with van der Waals surface area (Å²) in [5, 5.41) is -0.140. The lowest BCUT2D eigenvalue weighted by Gasteiger charge is -2.30. The van der Waals surface area contributed by atoms with Gasteiger partial charge in [-0.05, 0) is 31.1 Å². The Labute approximate surface area is 108 Å². The normalized spacial score (nSPS) is 27.9. The molecule has 4 atom stereocenters. The molecule has 0 saturated heterocycles. The number of unbranched alkanes of at least 4 members (excludes halogenated alkanes) is 1. The monoisotopic (exact) mass is 257 g/mol. The third kappa shape index (κ3) is 5.35. The second kappa shape index (κ2) is 8.04. The van der Waals surface area contributed by atoms with Crippen molar-refractivity contribution in [2.45, 2.75) is 64.0 Å². The lowest BCUT2D eigenvalue weighted by molar-refractivity contribution is 0.363. The van der Waals surface area contributed by atoms with E-state index in [9.17, 15) is 8.76 Å². The highest BCUT2D eigenvalue weighted by atomic mass is 32.2. The number of hydrogen-bond acceptors (Lipinski definition) is 2. The quantitative estimate of drug-likeness (QED) is 0.514. The second-order valence-corrected chi connectivity index (χ2v) is 6.45. The van der Waals surface area contributed by atoms with Gasteiger partial charge in [-0.25, -0.2) is 0 Å². The zero-order valence-electron chi connectivity index (χ0n) is 11.1. The van der Waals surface area contributed by atoms with Crippen LogP contribution in [0, 0.1) is 11.8 Å². The van der Waals surface area contributed by atoms with Crippen molar-refractivity contribution in [3.63, 3.8) is 0 Å². The number of allylic oxidation sites excluding steroid dienone is 2. The molecule has 1 rings (SSSR count). The lowest BCUT2D eigenvalue weighted by Crippen LogP contribution is -2.27. The van der Waals surface area contributed by atoms with Gasteiger partial charge in [-0.1, -0.05) is 62.8 Å². The summed E-state index contributed by atoms with van der Waals surface area (Å²) in [6.07, 6.45) is 11.9. The molecular formula is C14H25O2S-. The molecule has 1 aliphatic rings. The summed E-state index contributed by atoms with van der Waals surface area (Å²) in [4.78, 5) is 0. The van der Waals surface area contributed by atoms with Gasteiger partial charge < -0.3 is 4.55 Å². The molecule has 1 aliphatic carbocycles. The molecule has 0 N–H and O–H groups in total. The van der Waals surface area contributed by atoms with E-state index < -0.39 is 11.1 Å². The van der Waals surface area contributed by atoms with Crippen molar-refractivity contribution in [2.24, 2.45) is 11.8 Å². The van der Waals surface area contributed by atoms with Crippen LogP contribution in [0.4, 0.5) is 0 Å². The smallest absolute Gasteiger partial charge is 0.0281 e. The Hall–Kier alpha value is -0.150. The molecule has 0 aromatic carbocycles. The van der Waals surface area contributed by atoms with E-state index in [1.54, 1.807) is 0 Å². The van der Waals surface area contributed by atoms with Crippen LogP contribution in [0.15, 0.2) is 12.2 Å². The fourth-order valence-corrected chi connectivity index (χ4v) is 3.41. The van der Waals surface area contributed by atoms with Crippen molar-refractivity contribution in [2.75, 3.05) is 0 Å². The standard InChI is InChI=1S/C14H26O2S/c1-3-4-7-12(2)10-11-13-8-5-6-9-14(13)17(15)16/h5-6,12-14H,3-4,7-11H2,1-2H3,(H,15,16)/p-1. The van der Waals surface area contributed by atoms with Gasteiger partial charge in [0.25, 0.3) is 0 Å². The fraction of sp³-hybridized carbons (Fsp3) is 0.857. The van der Waals surface area contributed by atoms with Crippen LogP contribution in [0.25, 0.3) is 0 Å². The lowest BCUT2D eigenvalue weighted by atomic mass is 9.86. The Morgan fingerprint density at radius 3 is 2.71 bits per heavy atom. The molecule has 0 aromatic heterocycles. The average molecular weight is 257 g/mol. The van der Waals surface area contributed by atoms with Crippen LogP contribution >= 0.6 is 0 Å². The molecule has 0 saturated carbocycles. The molecule has 3 heteroatoms. The highest BCUT2D eigenvalue weighted by Gasteiger charge is 2.23. The molecule has 4 unspecified atom stereocenters. The Kier molecular flexibility index (Phi) is 7.05. The molecule has 0 heterocycles. The molecule has 0 spiro atoms. The van der Waals surface area contributed by atoms with Gasteiger partial charge in [-0.15, -0.1) is 0 Å². The maximum Gasteiger partial charge on any atom is 0.0281 e. The summed E-state index contributed by atoms with van der Waals surface area (Å²) in [5.74, 6) is 1.09. The highest BCUT2D eigenvalue weighted by Crippen LogP contribution is 2.29. The SMILES string of the molecule is CCCCC(C)CCC1CC=CCC1S(=O)[O-]. The van der Waals surface area contributed by atoms with E-state index in [2.05, 4.69) is 19.9 Å². The van der Waals surface area contributed by atoms with E-state index in [0.29, 0.717) is 12.3 Å². The van der Waals surface area contributed by atoms with Crippen molar-refractivity contribution in [1.29, 1.82) is 0 Å². The molecule has 0 radical (unpaired) electrons. The first-order valence-corrected chi connectivity index (χ1v) is 8.02. The largest absolute Gasteiger partial charge is 0.772 e. The highest BCUT2D eigenvalue weighted by molar-refractivity contribution is 7.79. The van der Waals surface area contributed by atoms with Crippen molar-refractivity contribution < 1.29 is 8.76 Å². The van der Waals surface area contributed by atoms with E-state index in [4.69, 9.17) is 0 Å². The van der Waals surface area contributed by atoms with Crippen molar-refractivity contribution in [3.05, 3.63) is 12.2 Å². The second-order valence-electron chi connectivity index (χ2n) is 5.33. The summed E-state index contributed by atoms with van der Waals surface area (Å²) < 4.78 is 22.3. The Morgan fingerprint density at radius 2 is 2.06 bits per heavy atom. The maximum absolute atomic E-state index is 11.1. The first kappa shape index (κ1) is 14.9. The fourth-order valence-electron chi connectivity index (χ4n) is 2.58. The van der Waals surface area contributed by atoms with Crippen LogP contribution in [0.1, 0.15) is 58.8 Å². The third-order valence-electron chi connectivity index (χ3n) is 3.83. The minimum absolute atomic E-state index is 0.140. The van der Waals surface area contributed by atoms with Crippen LogP contribution in [0.2, 0.25) is 0 Å². The zero-order chi connectivity index (χ0) is 12.7. The van der Waals surface area contributed by atoms with E-state index in [0.717, 1.165) is 18.8 Å². The van der Waals surface area contributed by atoms with Gasteiger partial charge in [0.05, 0.1) is 0 Å². The van der Waals surface area contributed by atoms with Gasteiger partial charge in [0.2, 0.25) is 0 Å². The summed E-state index contributed by atoms with van der Waals surface area (Å²) in [7, 11) is 0. The summed E-state index contributed by atoms with van der Waals surface area (Å²) in [5.41, 5.74) is 0. The molecule has 0 aromatic rings. The molecule has 0 aliphatic heterocycles. The first-order chi connectivity index (χ1) is 8.15. The molecule has 2 nitrogen and oxygen atoms in total. The van der Waals surface area contributed by atoms with Crippen molar-refractivity contribution >= 4 is 11.1 Å². The molecule has 100 valence electrons. The summed E-state index contributed by atoms with van der Waals surface area (Å²) >= 11 is -1.90. The van der Waals surface area contributed by atoms with Crippen LogP contribution in [0.5, 0.6) is 0 Å². The topological polar surface area (TPSA) is 40.1 Å². The Morgan fingerprint density at radius 1 is 1.35 bits per heavy atom. The summed E-state index contributed by atoms with van der Waals surface area (Å²) in [6.45, 7) is 4.51. The zero-order valence-corrected chi connectivity index (χ0v) is 11.9. The molecule has 0 bridgehead atoms. The van der Waals surface area contributed by atoms with Gasteiger partial charge in [0.15, 0.2) is 0 Å². The molecule has 0 fully saturated rings. The van der Waals surface area contributed by atoms with Gasteiger partial charge in [-0.3, -0.25) is 4.21 Å². The van der Waals surface area contributed by atoms with E-state index >= 15 is 0 Å². The van der Waals surface area contributed by atoms with Crippen LogP contribution in [0.3, 0.4) is 0 Å². The number of hydrogen-bond donors (Lipinski definition) is 0. The molecule has 0 amide bonds. The first-order valence-electron chi connectivity index (χ1n) is 6.88. The van der Waals surface area contributed by atoms with Crippen LogP contribution < -0.4 is 0 Å². The van der Waals surface area contributed by atoms with Crippen molar-refractivity contribution in [3.8, 4) is 0 Å². The van der Waals surface area contributed by atoms with E-state index in [-0.39, 0.29) is 5.25 Å². The minimum Gasteiger partial charge on any atom is -0.772 e. The van der Waals surface area contributed by atoms with Gasteiger partial charge in [0, 0.05) is 5.25 Å². The molecule has 17 heavy (non-hydrogen) atoms. The predicted octanol–water partition coefficient (Wildman–Crippen LogP) is 3.81. The van der Waals surface area contributed by atoms with Gasteiger partial charge in [-0.2, -0.15) is 0 Å². The average Bonchev–Trinajstić information content (AvgIpc) is 2.34. The van der Waals surface area contributed by atoms with Gasteiger partial charge >= 0.3 is 0 Å². The third-order valence-corrected chi connectivity index (χ3v) is 4.90. The maximum atomic E-state index is 11.1. The van der Waals surface area contributed by atoms with Crippen LogP contribution in [-0.2, 0) is 11.1 Å². The number of rotatable bonds is 7. The Balaban J connectivity index is 2.33. The Bertz CT molecular complexity index is 263. The van der Waals surface area contributed by atoms with Gasteiger partial charge in [0.1, 0.15) is 0 Å². The van der Waals surface area contributed by atoms with E-state index in [1.807, 2.05) is 6.08 Å². The summed E-state index contributed by atoms with van der Waals surface area (Å²) in [6, 6.07) is 0. The van der Waals surface area contributed by atoms with Crippen molar-refractivity contribution in [1.82, 2.24) is 0 Å². The predicted molar refractivity (Wildman–Crippen MR) is 72.5 cm³/mol. The minimum atomic E-state index is -1.90. The van der Waals surface area contributed by atoms with E-state index in [1.165, 1.54) is 25.7 Å². The molecular weight excluding hydrogens is 232 g/mol.